The van der Waals surface area contributed by atoms with E-state index in [1.54, 1.807) is 0 Å². The Morgan fingerprint density at radius 2 is 2.00 bits per heavy atom. The summed E-state index contributed by atoms with van der Waals surface area (Å²) >= 11 is 0. The van der Waals surface area contributed by atoms with Gasteiger partial charge in [0.25, 0.3) is 0 Å². The largest absolute Gasteiger partial charge is 0.326 e. The second-order valence-corrected chi connectivity index (χ2v) is 7.50. The fourth-order valence-electron chi connectivity index (χ4n) is 2.74. The summed E-state index contributed by atoms with van der Waals surface area (Å²) in [5, 5.41) is 0. The van der Waals surface area contributed by atoms with Gasteiger partial charge in [-0.25, -0.2) is 17.5 Å². The average Bonchev–Trinajstić information content (AvgIpc) is 2.84. The van der Waals surface area contributed by atoms with Crippen molar-refractivity contribution in [3.8, 4) is 0 Å². The summed E-state index contributed by atoms with van der Waals surface area (Å²) in [5.74, 6) is -0.581. The number of sulfonamides is 1. The standard InChI is InChI=1S/C14H21FN2O2S/c1-14(7-2-3-8-14)10-17-20(18,19)13-6-4-5-12(15)11(13)9-16/h4-6,17H,2-3,7-10,16H2,1H3. The first-order valence-electron chi connectivity index (χ1n) is 6.85. The highest BCUT2D eigenvalue weighted by Gasteiger charge is 2.31. The molecule has 1 aliphatic carbocycles. The first-order valence-corrected chi connectivity index (χ1v) is 8.33. The predicted molar refractivity (Wildman–Crippen MR) is 76.1 cm³/mol. The molecule has 1 fully saturated rings. The van der Waals surface area contributed by atoms with Crippen LogP contribution < -0.4 is 10.5 Å². The van der Waals surface area contributed by atoms with E-state index in [1.807, 2.05) is 0 Å². The number of nitrogens with one attached hydrogen (secondary N) is 1. The molecular formula is C14H21FN2O2S. The minimum Gasteiger partial charge on any atom is -0.326 e. The summed E-state index contributed by atoms with van der Waals surface area (Å²) < 4.78 is 40.9. The van der Waals surface area contributed by atoms with Gasteiger partial charge in [0, 0.05) is 18.7 Å². The van der Waals surface area contributed by atoms with Gasteiger partial charge < -0.3 is 5.73 Å². The molecule has 4 nitrogen and oxygen atoms in total. The lowest BCUT2D eigenvalue weighted by Crippen LogP contribution is -2.34. The van der Waals surface area contributed by atoms with Crippen LogP contribution in [0.15, 0.2) is 23.1 Å². The number of hydrogen-bond acceptors (Lipinski definition) is 3. The molecular weight excluding hydrogens is 279 g/mol. The van der Waals surface area contributed by atoms with Crippen molar-refractivity contribution in [3.63, 3.8) is 0 Å². The quantitative estimate of drug-likeness (QED) is 0.875. The Labute approximate surface area is 119 Å². The fourth-order valence-corrected chi connectivity index (χ4v) is 4.20. The van der Waals surface area contributed by atoms with Crippen LogP contribution >= 0.6 is 0 Å². The van der Waals surface area contributed by atoms with Crippen molar-refractivity contribution in [2.45, 2.75) is 44.0 Å². The highest BCUT2D eigenvalue weighted by atomic mass is 32.2. The van der Waals surface area contributed by atoms with E-state index in [1.165, 1.54) is 18.2 Å². The summed E-state index contributed by atoms with van der Waals surface area (Å²) in [7, 11) is -3.72. The summed E-state index contributed by atoms with van der Waals surface area (Å²) in [6, 6.07) is 4.00. The maximum Gasteiger partial charge on any atom is 0.241 e. The summed E-state index contributed by atoms with van der Waals surface area (Å²) in [5.41, 5.74) is 5.50. The van der Waals surface area contributed by atoms with Crippen LogP contribution in [-0.4, -0.2) is 15.0 Å². The molecule has 0 heterocycles. The van der Waals surface area contributed by atoms with Crippen molar-refractivity contribution < 1.29 is 12.8 Å². The summed E-state index contributed by atoms with van der Waals surface area (Å²) in [6.07, 6.45) is 4.29. The molecule has 1 aromatic carbocycles. The molecule has 0 spiro atoms. The van der Waals surface area contributed by atoms with Crippen LogP contribution in [-0.2, 0) is 16.6 Å². The first-order chi connectivity index (χ1) is 9.38. The third-order valence-electron chi connectivity index (χ3n) is 4.07. The number of nitrogens with two attached hydrogens (primary N) is 1. The van der Waals surface area contributed by atoms with Gasteiger partial charge in [0.05, 0.1) is 4.90 Å². The Morgan fingerprint density at radius 3 is 2.60 bits per heavy atom. The van der Waals surface area contributed by atoms with Gasteiger partial charge in [-0.05, 0) is 30.4 Å². The first kappa shape index (κ1) is 15.4. The van der Waals surface area contributed by atoms with Gasteiger partial charge in [0.15, 0.2) is 0 Å². The molecule has 112 valence electrons. The van der Waals surface area contributed by atoms with Crippen LogP contribution in [0.4, 0.5) is 4.39 Å². The molecule has 0 aliphatic heterocycles. The van der Waals surface area contributed by atoms with Crippen molar-refractivity contribution in [3.05, 3.63) is 29.6 Å². The Bertz CT molecular complexity index is 581. The normalized spacial score (nSPS) is 18.4. The van der Waals surface area contributed by atoms with Crippen LogP contribution in [0.3, 0.4) is 0 Å². The maximum absolute atomic E-state index is 13.6. The third kappa shape index (κ3) is 3.19. The van der Waals surface area contributed by atoms with E-state index < -0.39 is 15.8 Å². The van der Waals surface area contributed by atoms with Crippen LogP contribution in [0.1, 0.15) is 38.2 Å². The summed E-state index contributed by atoms with van der Waals surface area (Å²) in [6.45, 7) is 2.33. The van der Waals surface area contributed by atoms with Crippen molar-refractivity contribution in [2.75, 3.05) is 6.54 Å². The molecule has 0 aromatic heterocycles. The zero-order chi connectivity index (χ0) is 14.8. The van der Waals surface area contributed by atoms with Gasteiger partial charge in [-0.3, -0.25) is 0 Å². The molecule has 0 amide bonds. The lowest BCUT2D eigenvalue weighted by atomic mass is 9.89. The number of hydrogen-bond donors (Lipinski definition) is 2. The van der Waals surface area contributed by atoms with Gasteiger partial charge in [0.1, 0.15) is 5.82 Å². The van der Waals surface area contributed by atoms with Crippen LogP contribution in [0, 0.1) is 11.2 Å². The number of benzene rings is 1. The highest BCUT2D eigenvalue weighted by molar-refractivity contribution is 7.89. The third-order valence-corrected chi connectivity index (χ3v) is 5.56. The molecule has 0 unspecified atom stereocenters. The van der Waals surface area contributed by atoms with Crippen molar-refractivity contribution in [2.24, 2.45) is 11.1 Å². The Morgan fingerprint density at radius 1 is 1.35 bits per heavy atom. The fraction of sp³-hybridized carbons (Fsp3) is 0.571. The lowest BCUT2D eigenvalue weighted by molar-refractivity contribution is 0.336. The Balaban J connectivity index is 2.20. The molecule has 1 saturated carbocycles. The molecule has 1 aliphatic rings. The topological polar surface area (TPSA) is 72.2 Å². The van der Waals surface area contributed by atoms with E-state index in [2.05, 4.69) is 11.6 Å². The van der Waals surface area contributed by atoms with Gasteiger partial charge in [-0.15, -0.1) is 0 Å². The molecule has 0 saturated heterocycles. The van der Waals surface area contributed by atoms with Crippen LogP contribution in [0.2, 0.25) is 0 Å². The SMILES string of the molecule is CC1(CNS(=O)(=O)c2cccc(F)c2CN)CCCC1. The average molecular weight is 300 g/mol. The predicted octanol–water partition coefficient (Wildman–Crippen LogP) is 2.14. The van der Waals surface area contributed by atoms with Crippen molar-refractivity contribution in [1.29, 1.82) is 0 Å². The molecule has 1 aromatic rings. The van der Waals surface area contributed by atoms with E-state index in [4.69, 9.17) is 5.73 Å². The Hall–Kier alpha value is -0.980. The van der Waals surface area contributed by atoms with Gasteiger partial charge in [-0.1, -0.05) is 25.8 Å². The van der Waals surface area contributed by atoms with Crippen LogP contribution in [0.5, 0.6) is 0 Å². The van der Waals surface area contributed by atoms with E-state index in [0.717, 1.165) is 25.7 Å². The van der Waals surface area contributed by atoms with E-state index in [9.17, 15) is 12.8 Å². The van der Waals surface area contributed by atoms with Crippen LogP contribution in [0.25, 0.3) is 0 Å². The zero-order valence-electron chi connectivity index (χ0n) is 11.7. The summed E-state index contributed by atoms with van der Waals surface area (Å²) in [4.78, 5) is -0.0541. The lowest BCUT2D eigenvalue weighted by Gasteiger charge is -2.24. The second kappa shape index (κ2) is 5.79. The molecule has 0 bridgehead atoms. The van der Waals surface area contributed by atoms with Gasteiger partial charge in [0.2, 0.25) is 10.0 Å². The smallest absolute Gasteiger partial charge is 0.241 e. The molecule has 0 radical (unpaired) electrons. The van der Waals surface area contributed by atoms with Crippen molar-refractivity contribution in [1.82, 2.24) is 4.72 Å². The monoisotopic (exact) mass is 300 g/mol. The molecule has 3 N–H and O–H groups in total. The maximum atomic E-state index is 13.6. The molecule has 6 heteroatoms. The minimum absolute atomic E-state index is 0.00325. The number of rotatable bonds is 5. The second-order valence-electron chi connectivity index (χ2n) is 5.76. The van der Waals surface area contributed by atoms with E-state index >= 15 is 0 Å². The minimum atomic E-state index is -3.72. The molecule has 2 rings (SSSR count). The Kier molecular flexibility index (Phi) is 4.46. The van der Waals surface area contributed by atoms with Gasteiger partial charge >= 0.3 is 0 Å². The zero-order valence-corrected chi connectivity index (χ0v) is 12.5. The van der Waals surface area contributed by atoms with Gasteiger partial charge in [-0.2, -0.15) is 0 Å². The molecule has 0 atom stereocenters. The van der Waals surface area contributed by atoms with E-state index in [0.29, 0.717) is 6.54 Å². The van der Waals surface area contributed by atoms with E-state index in [-0.39, 0.29) is 22.4 Å². The number of halogens is 1. The molecule has 20 heavy (non-hydrogen) atoms. The highest BCUT2D eigenvalue weighted by Crippen LogP contribution is 2.37. The van der Waals surface area contributed by atoms with Crippen molar-refractivity contribution >= 4 is 10.0 Å².